The molecule has 0 aliphatic heterocycles. The Kier molecular flexibility index (Phi) is 5.74. The number of H-pyrrole nitrogens is 1. The number of aromatic amines is 1. The van der Waals surface area contributed by atoms with Gasteiger partial charge in [-0.2, -0.15) is 0 Å². The van der Waals surface area contributed by atoms with Crippen molar-refractivity contribution >= 4 is 50.0 Å². The maximum atomic E-state index is 13.5. The Morgan fingerprint density at radius 2 is 2.00 bits per heavy atom. The van der Waals surface area contributed by atoms with E-state index in [0.29, 0.717) is 27.5 Å². The summed E-state index contributed by atoms with van der Waals surface area (Å²) in [6, 6.07) is 15.8. The lowest BCUT2D eigenvalue weighted by Gasteiger charge is -2.10. The number of rotatable bonds is 7. The number of carbonyl (C=O) groups is 1. The van der Waals surface area contributed by atoms with Crippen LogP contribution in [0.1, 0.15) is 15.9 Å². The lowest BCUT2D eigenvalue weighted by atomic mass is 10.1. The summed E-state index contributed by atoms with van der Waals surface area (Å²) in [6.45, 7) is 6.17. The third-order valence-electron chi connectivity index (χ3n) is 5.55. The van der Waals surface area contributed by atoms with Gasteiger partial charge < -0.3 is 4.98 Å². The Morgan fingerprint density at radius 1 is 1.21 bits per heavy atom. The van der Waals surface area contributed by atoms with E-state index in [1.54, 1.807) is 16.8 Å². The van der Waals surface area contributed by atoms with Gasteiger partial charge in [-0.1, -0.05) is 65.9 Å². The second-order valence-corrected chi connectivity index (χ2v) is 9.55. The molecule has 3 heterocycles. The summed E-state index contributed by atoms with van der Waals surface area (Å²) in [5.41, 5.74) is 4.51. The topological polar surface area (TPSA) is 67.8 Å². The standard InChI is InChI=1S/C26H21N3O2S2/c1-3-12-29-25(31)23-20(17-10-8-16(2)9-11-17)14-32-24(23)28-26(29)33-15-22(30)19-13-27-21-7-5-4-6-18(19)21/h3-11,13-14,27H,1,12,15H2,2H3. The minimum atomic E-state index is -0.112. The van der Waals surface area contributed by atoms with Gasteiger partial charge in [0, 0.05) is 40.2 Å². The van der Waals surface area contributed by atoms with E-state index in [0.717, 1.165) is 22.0 Å². The second kappa shape index (κ2) is 8.84. The number of para-hydroxylation sites is 1. The molecule has 0 aliphatic rings. The molecule has 164 valence electrons. The van der Waals surface area contributed by atoms with Crippen LogP contribution in [0.5, 0.6) is 0 Å². The SMILES string of the molecule is C=CCn1c(SCC(=O)c2c[nH]c3ccccc23)nc2scc(-c3ccc(C)cc3)c2c1=O. The highest BCUT2D eigenvalue weighted by atomic mass is 32.2. The van der Waals surface area contributed by atoms with Gasteiger partial charge in [-0.3, -0.25) is 14.2 Å². The van der Waals surface area contributed by atoms with Gasteiger partial charge >= 0.3 is 0 Å². The third kappa shape index (κ3) is 3.94. The van der Waals surface area contributed by atoms with Crippen molar-refractivity contribution < 1.29 is 4.79 Å². The largest absolute Gasteiger partial charge is 0.360 e. The minimum Gasteiger partial charge on any atom is -0.360 e. The van der Waals surface area contributed by atoms with Crippen molar-refractivity contribution in [3.8, 4) is 11.1 Å². The van der Waals surface area contributed by atoms with Crippen molar-refractivity contribution in [1.82, 2.24) is 14.5 Å². The molecule has 5 nitrogen and oxygen atoms in total. The number of ketones is 1. The van der Waals surface area contributed by atoms with Gasteiger partial charge in [-0.15, -0.1) is 17.9 Å². The first-order chi connectivity index (χ1) is 16.1. The van der Waals surface area contributed by atoms with Crippen molar-refractivity contribution in [1.29, 1.82) is 0 Å². The van der Waals surface area contributed by atoms with Crippen LogP contribution in [0.2, 0.25) is 0 Å². The van der Waals surface area contributed by atoms with Crippen LogP contribution in [0.15, 0.2) is 82.7 Å². The van der Waals surface area contributed by atoms with Gasteiger partial charge in [-0.05, 0) is 18.6 Å². The van der Waals surface area contributed by atoms with E-state index in [-0.39, 0.29) is 17.1 Å². The predicted molar refractivity (Wildman–Crippen MR) is 138 cm³/mol. The zero-order chi connectivity index (χ0) is 22.9. The second-order valence-electron chi connectivity index (χ2n) is 7.75. The fourth-order valence-corrected chi connectivity index (χ4v) is 5.74. The number of hydrogen-bond donors (Lipinski definition) is 1. The highest BCUT2D eigenvalue weighted by Crippen LogP contribution is 2.32. The highest BCUT2D eigenvalue weighted by Gasteiger charge is 2.19. The van der Waals surface area contributed by atoms with E-state index >= 15 is 0 Å². The summed E-state index contributed by atoms with van der Waals surface area (Å²) in [7, 11) is 0. The molecular weight excluding hydrogens is 450 g/mol. The molecule has 0 aliphatic carbocycles. The van der Waals surface area contributed by atoms with E-state index in [1.165, 1.54) is 28.7 Å². The van der Waals surface area contributed by atoms with E-state index < -0.39 is 0 Å². The summed E-state index contributed by atoms with van der Waals surface area (Å²) in [6.07, 6.45) is 3.42. The maximum Gasteiger partial charge on any atom is 0.263 e. The minimum absolute atomic E-state index is 0.0107. The molecule has 3 aromatic heterocycles. The van der Waals surface area contributed by atoms with Crippen LogP contribution in [-0.4, -0.2) is 26.1 Å². The monoisotopic (exact) mass is 471 g/mol. The lowest BCUT2D eigenvalue weighted by molar-refractivity contribution is 0.102. The van der Waals surface area contributed by atoms with Crippen molar-refractivity contribution in [2.75, 3.05) is 5.75 Å². The molecule has 33 heavy (non-hydrogen) atoms. The smallest absolute Gasteiger partial charge is 0.263 e. The molecule has 0 unspecified atom stereocenters. The number of Topliss-reactive ketones (excluding diaryl/α,β-unsaturated/α-hetero) is 1. The Morgan fingerprint density at radius 3 is 2.79 bits per heavy atom. The van der Waals surface area contributed by atoms with Crippen LogP contribution in [0.3, 0.4) is 0 Å². The van der Waals surface area contributed by atoms with Gasteiger partial charge in [0.1, 0.15) is 4.83 Å². The average Bonchev–Trinajstić information content (AvgIpc) is 3.45. The molecule has 5 aromatic rings. The van der Waals surface area contributed by atoms with Crippen LogP contribution >= 0.6 is 23.1 Å². The molecule has 0 radical (unpaired) electrons. The number of thiophene rings is 1. The predicted octanol–water partition coefficient (Wildman–Crippen LogP) is 6.08. The summed E-state index contributed by atoms with van der Waals surface area (Å²) in [5.74, 6) is 0.177. The van der Waals surface area contributed by atoms with E-state index in [1.807, 2.05) is 60.8 Å². The molecule has 0 bridgehead atoms. The van der Waals surface area contributed by atoms with Crippen molar-refractivity contribution in [3.05, 3.63) is 94.2 Å². The number of allylic oxidation sites excluding steroid dienone is 1. The molecular formula is C26H21N3O2S2. The van der Waals surface area contributed by atoms with E-state index in [2.05, 4.69) is 11.6 Å². The van der Waals surface area contributed by atoms with Gasteiger partial charge in [0.05, 0.1) is 11.1 Å². The number of aryl methyl sites for hydroxylation is 1. The highest BCUT2D eigenvalue weighted by molar-refractivity contribution is 7.99. The molecule has 0 spiro atoms. The van der Waals surface area contributed by atoms with Gasteiger partial charge in [-0.25, -0.2) is 4.98 Å². The lowest BCUT2D eigenvalue weighted by Crippen LogP contribution is -2.23. The molecule has 0 saturated carbocycles. The number of benzene rings is 2. The van der Waals surface area contributed by atoms with Crippen molar-refractivity contribution in [2.24, 2.45) is 0 Å². The molecule has 5 rings (SSSR count). The van der Waals surface area contributed by atoms with Crippen LogP contribution in [0, 0.1) is 6.92 Å². The maximum absolute atomic E-state index is 13.5. The summed E-state index contributed by atoms with van der Waals surface area (Å²) < 4.78 is 1.60. The zero-order valence-corrected chi connectivity index (χ0v) is 19.6. The van der Waals surface area contributed by atoms with Crippen LogP contribution in [0.4, 0.5) is 0 Å². The van der Waals surface area contributed by atoms with Crippen LogP contribution < -0.4 is 5.56 Å². The van der Waals surface area contributed by atoms with Crippen molar-refractivity contribution in [2.45, 2.75) is 18.6 Å². The van der Waals surface area contributed by atoms with E-state index in [4.69, 9.17) is 4.98 Å². The molecule has 0 saturated heterocycles. The number of thioether (sulfide) groups is 1. The van der Waals surface area contributed by atoms with Crippen molar-refractivity contribution in [3.63, 3.8) is 0 Å². The van der Waals surface area contributed by atoms with Crippen LogP contribution in [-0.2, 0) is 6.54 Å². The average molecular weight is 472 g/mol. The summed E-state index contributed by atoms with van der Waals surface area (Å²) in [4.78, 5) is 35.0. The number of nitrogens with zero attached hydrogens (tertiary/aromatic N) is 2. The number of nitrogens with one attached hydrogen (secondary N) is 1. The molecule has 0 atom stereocenters. The fourth-order valence-electron chi connectivity index (χ4n) is 3.86. The quantitative estimate of drug-likeness (QED) is 0.135. The number of aromatic nitrogens is 3. The van der Waals surface area contributed by atoms with Crippen LogP contribution in [0.25, 0.3) is 32.2 Å². The third-order valence-corrected chi connectivity index (χ3v) is 7.40. The summed E-state index contributed by atoms with van der Waals surface area (Å²) in [5, 5.41) is 4.01. The normalized spacial score (nSPS) is 11.3. The Hall–Kier alpha value is -3.42. The molecule has 0 fully saturated rings. The van der Waals surface area contributed by atoms with Gasteiger partial charge in [0.2, 0.25) is 0 Å². The Labute approximate surface area is 198 Å². The Bertz CT molecular complexity index is 1560. The number of carbonyl (C=O) groups excluding carboxylic acids is 1. The van der Waals surface area contributed by atoms with E-state index in [9.17, 15) is 9.59 Å². The first-order valence-electron chi connectivity index (χ1n) is 10.5. The fraction of sp³-hybridized carbons (Fsp3) is 0.115. The Balaban J connectivity index is 1.51. The zero-order valence-electron chi connectivity index (χ0n) is 18.0. The molecule has 1 N–H and O–H groups in total. The first kappa shape index (κ1) is 21.4. The number of hydrogen-bond acceptors (Lipinski definition) is 5. The number of fused-ring (bicyclic) bond motifs is 2. The molecule has 7 heteroatoms. The van der Waals surface area contributed by atoms with Gasteiger partial charge in [0.15, 0.2) is 10.9 Å². The molecule has 2 aromatic carbocycles. The first-order valence-corrected chi connectivity index (χ1v) is 12.4. The van der Waals surface area contributed by atoms with Gasteiger partial charge in [0.25, 0.3) is 5.56 Å². The summed E-state index contributed by atoms with van der Waals surface area (Å²) >= 11 is 2.73. The molecule has 0 amide bonds.